The Morgan fingerprint density at radius 1 is 0.242 bits per heavy atom. The second-order valence-corrected chi connectivity index (χ2v) is 15.5. The molecular formula is C58H38N4. The normalized spacial score (nSPS) is 11.2. The van der Waals surface area contributed by atoms with E-state index in [0.29, 0.717) is 17.5 Å². The molecule has 2 heterocycles. The molecule has 0 atom stereocenters. The number of benzene rings is 9. The van der Waals surface area contributed by atoms with Crippen molar-refractivity contribution in [2.45, 2.75) is 0 Å². The van der Waals surface area contributed by atoms with Crippen molar-refractivity contribution in [3.8, 4) is 89.8 Å². The molecule has 4 heteroatoms. The maximum absolute atomic E-state index is 5.05. The van der Waals surface area contributed by atoms with Gasteiger partial charge < -0.3 is 0 Å². The fraction of sp³-hybridized carbons (Fsp3) is 0. The monoisotopic (exact) mass is 790 g/mol. The van der Waals surface area contributed by atoms with Crippen LogP contribution in [0.5, 0.6) is 0 Å². The van der Waals surface area contributed by atoms with E-state index in [1.54, 1.807) is 0 Å². The highest BCUT2D eigenvalue weighted by atomic mass is 15.0. The summed E-state index contributed by atoms with van der Waals surface area (Å²) in [7, 11) is 0. The predicted octanol–water partition coefficient (Wildman–Crippen LogP) is 14.9. The Balaban J connectivity index is 0.896. The van der Waals surface area contributed by atoms with Crippen molar-refractivity contribution < 1.29 is 0 Å². The summed E-state index contributed by atoms with van der Waals surface area (Å²) < 4.78 is 0. The van der Waals surface area contributed by atoms with E-state index in [0.717, 1.165) is 55.4 Å². The van der Waals surface area contributed by atoms with E-state index < -0.39 is 0 Å². The van der Waals surface area contributed by atoms with E-state index in [9.17, 15) is 0 Å². The van der Waals surface area contributed by atoms with E-state index in [1.807, 2.05) is 24.4 Å². The van der Waals surface area contributed by atoms with Crippen molar-refractivity contribution in [3.05, 3.63) is 231 Å². The third kappa shape index (κ3) is 7.20. The van der Waals surface area contributed by atoms with Crippen LogP contribution in [-0.2, 0) is 0 Å². The molecular weight excluding hydrogens is 753 g/mol. The smallest absolute Gasteiger partial charge is 0.164 e. The van der Waals surface area contributed by atoms with Crippen LogP contribution in [0.25, 0.3) is 111 Å². The van der Waals surface area contributed by atoms with Crippen LogP contribution in [0, 0.1) is 0 Å². The van der Waals surface area contributed by atoms with E-state index in [1.165, 1.54) is 38.6 Å². The first-order chi connectivity index (χ1) is 30.7. The van der Waals surface area contributed by atoms with Crippen molar-refractivity contribution in [1.82, 2.24) is 19.9 Å². The number of rotatable bonds is 8. The van der Waals surface area contributed by atoms with Crippen molar-refractivity contribution in [1.29, 1.82) is 0 Å². The molecule has 4 nitrogen and oxygen atoms in total. The number of fused-ring (bicyclic) bond motifs is 3. The van der Waals surface area contributed by atoms with Gasteiger partial charge in [-0.15, -0.1) is 0 Å². The van der Waals surface area contributed by atoms with Gasteiger partial charge in [-0.2, -0.15) is 0 Å². The quantitative estimate of drug-likeness (QED) is 0.144. The van der Waals surface area contributed by atoms with Crippen LogP contribution >= 0.6 is 0 Å². The summed E-state index contributed by atoms with van der Waals surface area (Å²) in [5.74, 6) is 1.89. The van der Waals surface area contributed by atoms with Gasteiger partial charge in [-0.25, -0.2) is 15.0 Å². The Hall–Kier alpha value is -8.34. The topological polar surface area (TPSA) is 51.6 Å². The van der Waals surface area contributed by atoms with Crippen LogP contribution in [0.15, 0.2) is 231 Å². The van der Waals surface area contributed by atoms with Gasteiger partial charge in [0.1, 0.15) is 0 Å². The largest absolute Gasteiger partial charge is 0.256 e. The first kappa shape index (κ1) is 36.7. The molecule has 290 valence electrons. The fourth-order valence-corrected chi connectivity index (χ4v) is 8.34. The fourth-order valence-electron chi connectivity index (χ4n) is 8.34. The van der Waals surface area contributed by atoms with Gasteiger partial charge in [0.2, 0.25) is 0 Å². The summed E-state index contributed by atoms with van der Waals surface area (Å²) in [4.78, 5) is 19.8. The Morgan fingerprint density at radius 3 is 1.10 bits per heavy atom. The van der Waals surface area contributed by atoms with Crippen molar-refractivity contribution in [2.75, 3.05) is 0 Å². The summed E-state index contributed by atoms with van der Waals surface area (Å²) in [6.45, 7) is 0. The lowest BCUT2D eigenvalue weighted by Crippen LogP contribution is -2.00. The van der Waals surface area contributed by atoms with Crippen LogP contribution in [0.3, 0.4) is 0 Å². The number of hydrogen-bond acceptors (Lipinski definition) is 4. The highest BCUT2D eigenvalue weighted by Crippen LogP contribution is 2.37. The molecule has 9 aromatic carbocycles. The van der Waals surface area contributed by atoms with Crippen LogP contribution in [0.2, 0.25) is 0 Å². The molecule has 0 spiro atoms. The first-order valence-corrected chi connectivity index (χ1v) is 20.9. The third-order valence-corrected chi connectivity index (χ3v) is 11.6. The SMILES string of the molecule is c1ccc(-c2ccc(-c3nc(-c4ccc(-c5ccccc5)cc4)nc(-c4ccc(-c5ccc(-c6cccc(-c7cc8cccnc8c8ccccc78)c6)cc5)cc4)n3)cc2)cc1. The van der Waals surface area contributed by atoms with Gasteiger partial charge in [-0.3, -0.25) is 4.98 Å². The van der Waals surface area contributed by atoms with Crippen molar-refractivity contribution in [2.24, 2.45) is 0 Å². The molecule has 0 radical (unpaired) electrons. The molecule has 11 rings (SSSR count). The summed E-state index contributed by atoms with van der Waals surface area (Å²) in [6, 6.07) is 78.8. The molecule has 0 aliphatic rings. The van der Waals surface area contributed by atoms with Gasteiger partial charge in [0, 0.05) is 33.7 Å². The Morgan fingerprint density at radius 2 is 0.613 bits per heavy atom. The number of pyridine rings is 1. The predicted molar refractivity (Wildman–Crippen MR) is 256 cm³/mol. The summed E-state index contributed by atoms with van der Waals surface area (Å²) in [5.41, 5.74) is 15.4. The van der Waals surface area contributed by atoms with Gasteiger partial charge in [-0.05, 0) is 79.2 Å². The van der Waals surface area contributed by atoms with Gasteiger partial charge in [0.05, 0.1) is 5.52 Å². The number of aromatic nitrogens is 4. The van der Waals surface area contributed by atoms with E-state index >= 15 is 0 Å². The summed E-state index contributed by atoms with van der Waals surface area (Å²) >= 11 is 0. The van der Waals surface area contributed by atoms with Gasteiger partial charge in [0.15, 0.2) is 17.5 Å². The molecule has 0 amide bonds. The van der Waals surface area contributed by atoms with Gasteiger partial charge in [0.25, 0.3) is 0 Å². The number of nitrogens with zero attached hydrogens (tertiary/aromatic N) is 4. The zero-order valence-corrected chi connectivity index (χ0v) is 33.7. The lowest BCUT2D eigenvalue weighted by molar-refractivity contribution is 1.07. The zero-order chi connectivity index (χ0) is 41.2. The second-order valence-electron chi connectivity index (χ2n) is 15.5. The first-order valence-electron chi connectivity index (χ1n) is 20.9. The Kier molecular flexibility index (Phi) is 9.49. The second kappa shape index (κ2) is 16.0. The maximum Gasteiger partial charge on any atom is 0.164 e. The molecule has 62 heavy (non-hydrogen) atoms. The molecule has 0 saturated carbocycles. The molecule has 0 unspecified atom stereocenters. The average Bonchev–Trinajstić information content (AvgIpc) is 3.37. The summed E-state index contributed by atoms with van der Waals surface area (Å²) in [5, 5.41) is 3.51. The Labute approximate surface area is 360 Å². The number of hydrogen-bond donors (Lipinski definition) is 0. The maximum atomic E-state index is 5.05. The minimum Gasteiger partial charge on any atom is -0.256 e. The van der Waals surface area contributed by atoms with Crippen molar-refractivity contribution in [3.63, 3.8) is 0 Å². The minimum absolute atomic E-state index is 0.626. The molecule has 0 saturated heterocycles. The summed E-state index contributed by atoms with van der Waals surface area (Å²) in [6.07, 6.45) is 1.87. The lowest BCUT2D eigenvalue weighted by Gasteiger charge is -2.12. The van der Waals surface area contributed by atoms with E-state index in [2.05, 4.69) is 206 Å². The molecule has 0 fully saturated rings. The molecule has 11 aromatic rings. The standard InChI is InChI=1S/C58H38N4/c1-3-11-39(12-4-1)41-24-30-46(31-25-41)56-60-57(47-32-26-42(27-33-47)40-13-5-2-6-14-40)62-58(61-56)48-34-28-44(29-35-48)43-20-22-45(23-21-43)49-15-9-16-50(37-49)54-38-51-17-10-36-59-55(51)53-19-8-7-18-52(53)54/h1-38H. The molecule has 0 aliphatic heterocycles. The van der Waals surface area contributed by atoms with Gasteiger partial charge >= 0.3 is 0 Å². The van der Waals surface area contributed by atoms with Crippen molar-refractivity contribution >= 4 is 21.7 Å². The molecule has 0 aliphatic carbocycles. The lowest BCUT2D eigenvalue weighted by atomic mass is 9.93. The van der Waals surface area contributed by atoms with E-state index in [4.69, 9.17) is 19.9 Å². The highest BCUT2D eigenvalue weighted by molar-refractivity contribution is 6.12. The van der Waals surface area contributed by atoms with Crippen LogP contribution in [-0.4, -0.2) is 19.9 Å². The van der Waals surface area contributed by atoms with Crippen LogP contribution < -0.4 is 0 Å². The highest BCUT2D eigenvalue weighted by Gasteiger charge is 2.15. The molecule has 0 bridgehead atoms. The zero-order valence-electron chi connectivity index (χ0n) is 33.7. The van der Waals surface area contributed by atoms with E-state index in [-0.39, 0.29) is 0 Å². The minimum atomic E-state index is 0.626. The average molecular weight is 791 g/mol. The molecule has 2 aromatic heterocycles. The Bertz CT molecular complexity index is 3240. The van der Waals surface area contributed by atoms with Gasteiger partial charge in [-0.1, -0.05) is 206 Å². The third-order valence-electron chi connectivity index (χ3n) is 11.6. The molecule has 0 N–H and O–H groups in total. The van der Waals surface area contributed by atoms with Crippen LogP contribution in [0.4, 0.5) is 0 Å². The van der Waals surface area contributed by atoms with Crippen LogP contribution in [0.1, 0.15) is 0 Å².